The van der Waals surface area contributed by atoms with Crippen LogP contribution in [0.25, 0.3) is 22.4 Å². The van der Waals surface area contributed by atoms with E-state index in [0.29, 0.717) is 6.42 Å². The quantitative estimate of drug-likeness (QED) is 0.597. The summed E-state index contributed by atoms with van der Waals surface area (Å²) in [4.78, 5) is 26.5. The number of benzene rings is 1. The molecule has 1 aromatic carbocycles. The van der Waals surface area contributed by atoms with Gasteiger partial charge < -0.3 is 14.7 Å². The van der Waals surface area contributed by atoms with Crippen LogP contribution in [0.2, 0.25) is 0 Å². The van der Waals surface area contributed by atoms with Gasteiger partial charge in [-0.1, -0.05) is 26.0 Å². The van der Waals surface area contributed by atoms with Gasteiger partial charge in [-0.3, -0.25) is 0 Å². The fourth-order valence-corrected chi connectivity index (χ4v) is 4.13. The highest BCUT2D eigenvalue weighted by atomic mass is 79.9. The number of aromatic amines is 1. The molecule has 0 bridgehead atoms. The molecule has 6 heteroatoms. The number of fused-ring (bicyclic) bond motifs is 1. The number of anilines is 1. The molecule has 1 fully saturated rings. The van der Waals surface area contributed by atoms with E-state index in [0.717, 1.165) is 52.0 Å². The lowest BCUT2D eigenvalue weighted by Gasteiger charge is -2.18. The minimum atomic E-state index is -0.453. The molecule has 0 saturated carbocycles. The number of aldehydes is 1. The molecule has 1 saturated heterocycles. The number of hydrogen-bond acceptors (Lipinski definition) is 4. The van der Waals surface area contributed by atoms with Gasteiger partial charge in [0, 0.05) is 35.3 Å². The van der Waals surface area contributed by atoms with Crippen LogP contribution in [0.5, 0.6) is 0 Å². The topological polar surface area (TPSA) is 61.9 Å². The standard InChI is InChI=1S/C21H23BrN4O/c1-21(2,13-27)11-16-18-20(25-19(16)22)23-12-17(24-18)14-6-5-7-15(10-14)26-8-3-4-9-26/h5-7,10,12-13H,3-4,8-9,11H2,1-2H3,(H,23,25). The van der Waals surface area contributed by atoms with Crippen molar-refractivity contribution in [2.75, 3.05) is 18.0 Å². The van der Waals surface area contributed by atoms with Gasteiger partial charge in [-0.2, -0.15) is 0 Å². The minimum Gasteiger partial charge on any atom is -0.372 e. The molecule has 3 aromatic rings. The molecule has 0 radical (unpaired) electrons. The lowest BCUT2D eigenvalue weighted by atomic mass is 9.88. The number of nitrogens with zero attached hydrogens (tertiary/aromatic N) is 3. The van der Waals surface area contributed by atoms with Gasteiger partial charge in [-0.15, -0.1) is 0 Å². The van der Waals surface area contributed by atoms with E-state index in [1.807, 2.05) is 20.0 Å². The van der Waals surface area contributed by atoms with Crippen LogP contribution >= 0.6 is 15.9 Å². The maximum Gasteiger partial charge on any atom is 0.157 e. The van der Waals surface area contributed by atoms with Gasteiger partial charge in [0.05, 0.1) is 16.5 Å². The van der Waals surface area contributed by atoms with E-state index in [1.165, 1.54) is 18.5 Å². The van der Waals surface area contributed by atoms with E-state index >= 15 is 0 Å². The van der Waals surface area contributed by atoms with Crippen molar-refractivity contribution in [3.63, 3.8) is 0 Å². The Morgan fingerprint density at radius 2 is 2.07 bits per heavy atom. The summed E-state index contributed by atoms with van der Waals surface area (Å²) in [6.07, 6.45) is 5.91. The second-order valence-electron chi connectivity index (χ2n) is 7.90. The highest BCUT2D eigenvalue weighted by Gasteiger charge is 2.23. The van der Waals surface area contributed by atoms with Crippen molar-refractivity contribution in [1.29, 1.82) is 0 Å². The Hall–Kier alpha value is -2.21. The number of H-pyrrole nitrogens is 1. The van der Waals surface area contributed by atoms with Gasteiger partial charge in [0.25, 0.3) is 0 Å². The smallest absolute Gasteiger partial charge is 0.157 e. The molecule has 5 nitrogen and oxygen atoms in total. The fraction of sp³-hybridized carbons (Fsp3) is 0.381. The van der Waals surface area contributed by atoms with Crippen LogP contribution in [0, 0.1) is 5.41 Å². The maximum atomic E-state index is 11.4. The predicted molar refractivity (Wildman–Crippen MR) is 112 cm³/mol. The van der Waals surface area contributed by atoms with Gasteiger partial charge in [0.15, 0.2) is 5.65 Å². The van der Waals surface area contributed by atoms with Gasteiger partial charge in [-0.05, 0) is 47.3 Å². The van der Waals surface area contributed by atoms with Gasteiger partial charge >= 0.3 is 0 Å². The van der Waals surface area contributed by atoms with Crippen molar-refractivity contribution in [2.45, 2.75) is 33.1 Å². The third kappa shape index (κ3) is 3.63. The number of halogens is 1. The second-order valence-corrected chi connectivity index (χ2v) is 8.69. The third-order valence-corrected chi connectivity index (χ3v) is 5.79. The van der Waals surface area contributed by atoms with Gasteiger partial charge in [-0.25, -0.2) is 9.97 Å². The van der Waals surface area contributed by atoms with Crippen LogP contribution in [-0.4, -0.2) is 34.3 Å². The van der Waals surface area contributed by atoms with Crippen molar-refractivity contribution >= 4 is 39.1 Å². The zero-order chi connectivity index (χ0) is 19.0. The van der Waals surface area contributed by atoms with Crippen LogP contribution in [0.1, 0.15) is 32.3 Å². The van der Waals surface area contributed by atoms with E-state index in [-0.39, 0.29) is 0 Å². The Labute approximate surface area is 167 Å². The maximum absolute atomic E-state index is 11.4. The lowest BCUT2D eigenvalue weighted by molar-refractivity contribution is -0.114. The lowest BCUT2D eigenvalue weighted by Crippen LogP contribution is -2.17. The van der Waals surface area contributed by atoms with E-state index < -0.39 is 5.41 Å². The summed E-state index contributed by atoms with van der Waals surface area (Å²) in [7, 11) is 0. The van der Waals surface area contributed by atoms with Crippen LogP contribution in [0.3, 0.4) is 0 Å². The molecular weight excluding hydrogens is 404 g/mol. The fourth-order valence-electron chi connectivity index (χ4n) is 3.61. The largest absolute Gasteiger partial charge is 0.372 e. The first-order valence-corrected chi connectivity index (χ1v) is 10.1. The molecule has 0 unspecified atom stereocenters. The molecule has 0 spiro atoms. The van der Waals surface area contributed by atoms with E-state index in [2.05, 4.69) is 55.1 Å². The Morgan fingerprint density at radius 1 is 1.30 bits per heavy atom. The van der Waals surface area contributed by atoms with Crippen LogP contribution < -0.4 is 4.90 Å². The number of carbonyl (C=O) groups excluding carboxylic acids is 1. The first kappa shape index (κ1) is 18.2. The highest BCUT2D eigenvalue weighted by Crippen LogP contribution is 2.32. The van der Waals surface area contributed by atoms with E-state index in [1.54, 1.807) is 0 Å². The summed E-state index contributed by atoms with van der Waals surface area (Å²) in [5.74, 6) is 0. The van der Waals surface area contributed by atoms with Crippen molar-refractivity contribution in [1.82, 2.24) is 15.0 Å². The molecule has 140 valence electrons. The van der Waals surface area contributed by atoms with Crippen LogP contribution in [-0.2, 0) is 11.2 Å². The summed E-state index contributed by atoms with van der Waals surface area (Å²) < 4.78 is 0.843. The molecule has 0 amide bonds. The number of hydrogen-bond donors (Lipinski definition) is 1. The summed E-state index contributed by atoms with van der Waals surface area (Å²) in [6, 6.07) is 8.51. The molecule has 1 N–H and O–H groups in total. The molecule has 3 heterocycles. The zero-order valence-corrected chi connectivity index (χ0v) is 17.2. The first-order chi connectivity index (χ1) is 13.0. The molecule has 4 rings (SSSR count). The van der Waals surface area contributed by atoms with E-state index in [9.17, 15) is 4.79 Å². The van der Waals surface area contributed by atoms with Gasteiger partial charge in [0.1, 0.15) is 11.8 Å². The summed E-state index contributed by atoms with van der Waals surface area (Å²) in [5.41, 5.74) is 5.24. The number of rotatable bonds is 5. The second kappa shape index (κ2) is 7.08. The molecular formula is C21H23BrN4O. The van der Waals surface area contributed by atoms with Crippen molar-refractivity contribution in [3.05, 3.63) is 40.6 Å². The summed E-state index contributed by atoms with van der Waals surface area (Å²) in [6.45, 7) is 6.10. The average Bonchev–Trinajstić information content (AvgIpc) is 3.30. The minimum absolute atomic E-state index is 0.453. The molecule has 27 heavy (non-hydrogen) atoms. The molecule has 1 aliphatic rings. The SMILES string of the molecule is CC(C)(C=O)Cc1c(Br)[nH]c2ncc(-c3cccc(N4CCCC4)c3)nc12. The Morgan fingerprint density at radius 3 is 2.81 bits per heavy atom. The monoisotopic (exact) mass is 426 g/mol. The molecule has 2 aromatic heterocycles. The van der Waals surface area contributed by atoms with Crippen molar-refractivity contribution in [3.8, 4) is 11.3 Å². The zero-order valence-electron chi connectivity index (χ0n) is 15.6. The Kier molecular flexibility index (Phi) is 4.76. The first-order valence-electron chi connectivity index (χ1n) is 9.32. The van der Waals surface area contributed by atoms with Crippen molar-refractivity contribution in [2.24, 2.45) is 5.41 Å². The number of nitrogens with one attached hydrogen (secondary N) is 1. The van der Waals surface area contributed by atoms with Crippen LogP contribution in [0.15, 0.2) is 35.1 Å². The summed E-state index contributed by atoms with van der Waals surface area (Å²) in [5, 5.41) is 0. The van der Waals surface area contributed by atoms with Crippen molar-refractivity contribution < 1.29 is 4.79 Å². The van der Waals surface area contributed by atoms with E-state index in [4.69, 9.17) is 4.98 Å². The Bertz CT molecular complexity index is 989. The Balaban J connectivity index is 1.75. The average molecular weight is 427 g/mol. The molecule has 0 aliphatic carbocycles. The highest BCUT2D eigenvalue weighted by molar-refractivity contribution is 9.10. The molecule has 0 atom stereocenters. The molecule has 1 aliphatic heterocycles. The van der Waals surface area contributed by atoms with Crippen LogP contribution in [0.4, 0.5) is 5.69 Å². The normalized spacial score (nSPS) is 14.9. The third-order valence-electron chi connectivity index (χ3n) is 5.12. The summed E-state index contributed by atoms with van der Waals surface area (Å²) >= 11 is 3.57. The predicted octanol–water partition coefficient (Wildman–Crippen LogP) is 4.76. The number of carbonyl (C=O) groups is 1. The van der Waals surface area contributed by atoms with Gasteiger partial charge in [0.2, 0.25) is 0 Å². The number of aromatic nitrogens is 3.